The fraction of sp³-hybridized carbons (Fsp3) is 0.556. The summed E-state index contributed by atoms with van der Waals surface area (Å²) in [6.45, 7) is 4.03. The van der Waals surface area contributed by atoms with Gasteiger partial charge < -0.3 is 15.0 Å². The van der Waals surface area contributed by atoms with Gasteiger partial charge >= 0.3 is 5.97 Å². The summed E-state index contributed by atoms with van der Waals surface area (Å²) in [6, 6.07) is 1.69. The quantitative estimate of drug-likeness (QED) is 0.787. The smallest absolute Gasteiger partial charge is 0.318 e. The van der Waals surface area contributed by atoms with Crippen LogP contribution in [0.25, 0.3) is 0 Å². The van der Waals surface area contributed by atoms with E-state index in [1.165, 1.54) is 0 Å². The van der Waals surface area contributed by atoms with E-state index in [0.29, 0.717) is 12.4 Å². The van der Waals surface area contributed by atoms with E-state index < -0.39 is 5.92 Å². The Kier molecular flexibility index (Phi) is 5.96. The highest BCUT2D eigenvalue weighted by molar-refractivity contribution is 5.85. The summed E-state index contributed by atoms with van der Waals surface area (Å²) in [6.07, 6.45) is 0. The van der Waals surface area contributed by atoms with Crippen molar-refractivity contribution in [2.75, 3.05) is 13.2 Å². The van der Waals surface area contributed by atoms with Crippen molar-refractivity contribution in [3.63, 3.8) is 0 Å². The largest absolute Gasteiger partial charge is 0.465 e. The molecular formula is C9H15ClN2O3. The average molecular weight is 235 g/mol. The van der Waals surface area contributed by atoms with Gasteiger partial charge in [0, 0.05) is 12.6 Å². The molecule has 0 aliphatic heterocycles. The van der Waals surface area contributed by atoms with Gasteiger partial charge in [-0.1, -0.05) is 5.16 Å². The first-order valence-electron chi connectivity index (χ1n) is 4.49. The predicted molar refractivity (Wildman–Crippen MR) is 56.9 cm³/mol. The van der Waals surface area contributed by atoms with Crippen LogP contribution < -0.4 is 5.73 Å². The molecule has 0 radical (unpaired) electrons. The molecular weight excluding hydrogens is 220 g/mol. The van der Waals surface area contributed by atoms with E-state index in [-0.39, 0.29) is 24.9 Å². The number of carbonyl (C=O) groups is 1. The number of hydrogen-bond donors (Lipinski definition) is 1. The summed E-state index contributed by atoms with van der Waals surface area (Å²) in [5.74, 6) is -0.453. The average Bonchev–Trinajstić information content (AvgIpc) is 2.54. The van der Waals surface area contributed by atoms with E-state index in [1.54, 1.807) is 19.9 Å². The maximum absolute atomic E-state index is 11.4. The van der Waals surface area contributed by atoms with Crippen molar-refractivity contribution < 1.29 is 14.1 Å². The lowest BCUT2D eigenvalue weighted by Gasteiger charge is -2.09. The lowest BCUT2D eigenvalue weighted by Crippen LogP contribution is -2.23. The minimum absolute atomic E-state index is 0. The molecule has 5 nitrogen and oxygen atoms in total. The molecule has 0 aliphatic carbocycles. The van der Waals surface area contributed by atoms with Gasteiger partial charge in [0.1, 0.15) is 5.92 Å². The van der Waals surface area contributed by atoms with Crippen LogP contribution in [0.4, 0.5) is 0 Å². The van der Waals surface area contributed by atoms with Crippen LogP contribution >= 0.6 is 12.4 Å². The molecule has 1 aromatic heterocycles. The summed E-state index contributed by atoms with van der Waals surface area (Å²) < 4.78 is 9.81. The molecule has 15 heavy (non-hydrogen) atoms. The van der Waals surface area contributed by atoms with Crippen LogP contribution in [0.2, 0.25) is 0 Å². The van der Waals surface area contributed by atoms with Crippen LogP contribution in [0, 0.1) is 6.92 Å². The van der Waals surface area contributed by atoms with Crippen molar-refractivity contribution in [2.24, 2.45) is 5.73 Å². The Morgan fingerprint density at radius 1 is 1.73 bits per heavy atom. The normalized spacial score (nSPS) is 11.7. The molecule has 0 aliphatic rings. The highest BCUT2D eigenvalue weighted by atomic mass is 35.5. The van der Waals surface area contributed by atoms with Gasteiger partial charge in [-0.3, -0.25) is 4.79 Å². The molecule has 1 atom stereocenters. The molecule has 0 amide bonds. The number of nitrogens with zero attached hydrogens (tertiary/aromatic N) is 1. The molecule has 1 rings (SSSR count). The molecule has 0 bridgehead atoms. The predicted octanol–water partition coefficient (Wildman–Crippen LogP) is 1.01. The van der Waals surface area contributed by atoms with Crippen molar-refractivity contribution in [3.05, 3.63) is 17.5 Å². The zero-order chi connectivity index (χ0) is 10.6. The fourth-order valence-corrected chi connectivity index (χ4v) is 1.12. The molecule has 0 spiro atoms. The van der Waals surface area contributed by atoms with Crippen LogP contribution in [0.3, 0.4) is 0 Å². The molecule has 86 valence electrons. The van der Waals surface area contributed by atoms with E-state index in [0.717, 1.165) is 5.69 Å². The number of esters is 1. The third-order valence-electron chi connectivity index (χ3n) is 1.80. The number of halogens is 1. The van der Waals surface area contributed by atoms with Crippen LogP contribution in [0.1, 0.15) is 24.3 Å². The number of ether oxygens (including phenoxy) is 1. The Balaban J connectivity index is 0.00000196. The lowest BCUT2D eigenvalue weighted by atomic mass is 10.1. The van der Waals surface area contributed by atoms with E-state index >= 15 is 0 Å². The van der Waals surface area contributed by atoms with Gasteiger partial charge in [-0.25, -0.2) is 0 Å². The van der Waals surface area contributed by atoms with Crippen LogP contribution in [-0.2, 0) is 9.53 Å². The second-order valence-corrected chi connectivity index (χ2v) is 2.91. The highest BCUT2D eigenvalue weighted by Crippen LogP contribution is 2.16. The van der Waals surface area contributed by atoms with Crippen molar-refractivity contribution >= 4 is 18.4 Å². The van der Waals surface area contributed by atoms with Crippen LogP contribution in [-0.4, -0.2) is 24.3 Å². The topological polar surface area (TPSA) is 78.4 Å². The van der Waals surface area contributed by atoms with Gasteiger partial charge in [-0.2, -0.15) is 0 Å². The molecule has 1 aromatic rings. The highest BCUT2D eigenvalue weighted by Gasteiger charge is 2.24. The van der Waals surface area contributed by atoms with Crippen molar-refractivity contribution in [1.29, 1.82) is 0 Å². The number of rotatable bonds is 4. The van der Waals surface area contributed by atoms with Crippen molar-refractivity contribution in [2.45, 2.75) is 19.8 Å². The number of aryl methyl sites for hydroxylation is 1. The van der Waals surface area contributed by atoms with Gasteiger partial charge in [-0.05, 0) is 13.8 Å². The van der Waals surface area contributed by atoms with Gasteiger partial charge in [0.2, 0.25) is 0 Å². The number of hydrogen-bond acceptors (Lipinski definition) is 5. The minimum Gasteiger partial charge on any atom is -0.465 e. The Morgan fingerprint density at radius 2 is 2.40 bits per heavy atom. The molecule has 0 aromatic carbocycles. The van der Waals surface area contributed by atoms with Gasteiger partial charge in [-0.15, -0.1) is 12.4 Å². The van der Waals surface area contributed by atoms with E-state index in [2.05, 4.69) is 5.16 Å². The maximum Gasteiger partial charge on any atom is 0.318 e. The van der Waals surface area contributed by atoms with Crippen molar-refractivity contribution in [1.82, 2.24) is 5.16 Å². The molecule has 2 N–H and O–H groups in total. The minimum atomic E-state index is -0.545. The number of aromatic nitrogens is 1. The third-order valence-corrected chi connectivity index (χ3v) is 1.80. The van der Waals surface area contributed by atoms with E-state index in [9.17, 15) is 4.79 Å². The van der Waals surface area contributed by atoms with Crippen LogP contribution in [0.5, 0.6) is 0 Å². The Morgan fingerprint density at radius 3 is 2.80 bits per heavy atom. The van der Waals surface area contributed by atoms with E-state index in [4.69, 9.17) is 15.0 Å². The fourth-order valence-electron chi connectivity index (χ4n) is 1.12. The second-order valence-electron chi connectivity index (χ2n) is 2.91. The zero-order valence-electron chi connectivity index (χ0n) is 8.73. The van der Waals surface area contributed by atoms with Crippen molar-refractivity contribution in [3.8, 4) is 0 Å². The number of nitrogens with two attached hydrogens (primary N) is 1. The molecule has 0 unspecified atom stereocenters. The summed E-state index contributed by atoms with van der Waals surface area (Å²) in [5.41, 5.74) is 6.18. The van der Waals surface area contributed by atoms with Crippen LogP contribution in [0.15, 0.2) is 10.6 Å². The second kappa shape index (κ2) is 6.42. The summed E-state index contributed by atoms with van der Waals surface area (Å²) in [5, 5.41) is 3.69. The molecule has 6 heteroatoms. The molecule has 0 saturated carbocycles. The van der Waals surface area contributed by atoms with Gasteiger partial charge in [0.15, 0.2) is 5.76 Å². The Bertz CT molecular complexity index is 314. The molecule has 1 heterocycles. The first-order chi connectivity index (χ1) is 6.69. The lowest BCUT2D eigenvalue weighted by molar-refractivity contribution is -0.145. The monoisotopic (exact) mass is 234 g/mol. The Hall–Kier alpha value is -1.07. The maximum atomic E-state index is 11.4. The standard InChI is InChI=1S/C9H14N2O3.ClH/c1-3-13-9(12)7(5-10)8-4-6(2)11-14-8;/h4,7H,3,5,10H2,1-2H3;1H/t7-;/m0./s1. The summed E-state index contributed by atoms with van der Waals surface area (Å²) in [4.78, 5) is 11.4. The third kappa shape index (κ3) is 3.53. The number of carbonyl (C=O) groups excluding carboxylic acids is 1. The summed E-state index contributed by atoms with van der Waals surface area (Å²) in [7, 11) is 0. The summed E-state index contributed by atoms with van der Waals surface area (Å²) >= 11 is 0. The SMILES string of the molecule is CCOC(=O)[C@@H](CN)c1cc(C)no1.Cl. The van der Waals surface area contributed by atoms with Gasteiger partial charge in [0.05, 0.1) is 12.3 Å². The van der Waals surface area contributed by atoms with E-state index in [1.807, 2.05) is 0 Å². The molecule has 0 fully saturated rings. The molecule has 0 saturated heterocycles. The Labute approximate surface area is 94.4 Å². The first-order valence-corrected chi connectivity index (χ1v) is 4.49. The zero-order valence-corrected chi connectivity index (χ0v) is 9.54. The van der Waals surface area contributed by atoms with Gasteiger partial charge in [0.25, 0.3) is 0 Å². The first kappa shape index (κ1) is 13.9.